The van der Waals surface area contributed by atoms with Gasteiger partial charge in [0, 0.05) is 24.0 Å². The summed E-state index contributed by atoms with van der Waals surface area (Å²) in [5.41, 5.74) is 0.793. The fourth-order valence-corrected chi connectivity index (χ4v) is 1.47. The molecule has 6 heteroatoms. The van der Waals surface area contributed by atoms with Crippen LogP contribution in [-0.2, 0) is 16.0 Å². The van der Waals surface area contributed by atoms with Gasteiger partial charge in [0.15, 0.2) is 0 Å². The van der Waals surface area contributed by atoms with Crippen LogP contribution in [0.1, 0.15) is 5.69 Å². The van der Waals surface area contributed by atoms with Crippen LogP contribution in [0, 0.1) is 0 Å². The van der Waals surface area contributed by atoms with Crippen molar-refractivity contribution >= 4 is 5.97 Å². The summed E-state index contributed by atoms with van der Waals surface area (Å²) < 4.78 is 4.54. The summed E-state index contributed by atoms with van der Waals surface area (Å²) in [7, 11) is 1.29. The molecule has 0 saturated carbocycles. The molecule has 0 aliphatic rings. The molecular formula is C12H11N3O3. The fourth-order valence-electron chi connectivity index (χ4n) is 1.47. The molecular weight excluding hydrogens is 234 g/mol. The molecule has 92 valence electrons. The number of nitrogens with one attached hydrogen (secondary N) is 1. The number of rotatable bonds is 3. The number of ether oxygens (including phenoxy) is 1. The van der Waals surface area contributed by atoms with Gasteiger partial charge in [0.05, 0.1) is 19.2 Å². The van der Waals surface area contributed by atoms with Gasteiger partial charge in [0.2, 0.25) is 0 Å². The number of carbonyl (C=O) groups is 1. The summed E-state index contributed by atoms with van der Waals surface area (Å²) in [6.07, 6.45) is 3.17. The maximum atomic E-state index is 11.5. The Morgan fingerprint density at radius 3 is 2.78 bits per heavy atom. The second-order valence-corrected chi connectivity index (χ2v) is 3.57. The molecule has 0 amide bonds. The van der Waals surface area contributed by atoms with Gasteiger partial charge in [-0.2, -0.15) is 0 Å². The number of nitrogens with zero attached hydrogens (tertiary/aromatic N) is 2. The molecule has 2 rings (SSSR count). The van der Waals surface area contributed by atoms with Gasteiger partial charge >= 0.3 is 5.97 Å². The third-order valence-electron chi connectivity index (χ3n) is 2.30. The van der Waals surface area contributed by atoms with Crippen molar-refractivity contribution in [2.24, 2.45) is 0 Å². The summed E-state index contributed by atoms with van der Waals surface area (Å²) in [5, 5.41) is 0. The Balaban J connectivity index is 2.39. The van der Waals surface area contributed by atoms with Crippen LogP contribution in [0.4, 0.5) is 0 Å². The number of aromatic amines is 1. The zero-order valence-corrected chi connectivity index (χ0v) is 9.71. The van der Waals surface area contributed by atoms with E-state index in [-0.39, 0.29) is 12.0 Å². The van der Waals surface area contributed by atoms with E-state index >= 15 is 0 Å². The minimum atomic E-state index is -0.436. The normalized spacial score (nSPS) is 10.1. The van der Waals surface area contributed by atoms with E-state index in [1.54, 1.807) is 24.5 Å². The van der Waals surface area contributed by atoms with Crippen molar-refractivity contribution in [1.29, 1.82) is 0 Å². The first-order valence-electron chi connectivity index (χ1n) is 5.26. The minimum absolute atomic E-state index is 0.0293. The van der Waals surface area contributed by atoms with Crippen LogP contribution in [0.5, 0.6) is 0 Å². The summed E-state index contributed by atoms with van der Waals surface area (Å²) in [6, 6.07) is 4.72. The molecule has 0 atom stereocenters. The highest BCUT2D eigenvalue weighted by atomic mass is 16.5. The lowest BCUT2D eigenvalue weighted by atomic mass is 10.2. The zero-order chi connectivity index (χ0) is 13.0. The number of esters is 1. The Morgan fingerprint density at radius 1 is 1.39 bits per heavy atom. The highest BCUT2D eigenvalue weighted by Gasteiger charge is 2.08. The van der Waals surface area contributed by atoms with Gasteiger partial charge in [0.25, 0.3) is 5.56 Å². The highest BCUT2D eigenvalue weighted by Crippen LogP contribution is 2.11. The number of pyridine rings is 1. The molecule has 18 heavy (non-hydrogen) atoms. The van der Waals surface area contributed by atoms with E-state index in [1.165, 1.54) is 13.2 Å². The molecule has 2 aromatic heterocycles. The second-order valence-electron chi connectivity index (χ2n) is 3.57. The quantitative estimate of drug-likeness (QED) is 0.798. The van der Waals surface area contributed by atoms with Crippen molar-refractivity contribution in [3.8, 4) is 11.4 Å². The van der Waals surface area contributed by atoms with Crippen molar-refractivity contribution in [3.63, 3.8) is 0 Å². The van der Waals surface area contributed by atoms with E-state index < -0.39 is 5.97 Å². The van der Waals surface area contributed by atoms with E-state index in [9.17, 15) is 9.59 Å². The maximum Gasteiger partial charge on any atom is 0.311 e. The smallest absolute Gasteiger partial charge is 0.311 e. The summed E-state index contributed by atoms with van der Waals surface area (Å²) in [5.74, 6) is -0.0300. The summed E-state index contributed by atoms with van der Waals surface area (Å²) in [4.78, 5) is 33.3. The minimum Gasteiger partial charge on any atom is -0.469 e. The lowest BCUT2D eigenvalue weighted by molar-refractivity contribution is -0.139. The number of aromatic nitrogens is 3. The van der Waals surface area contributed by atoms with Gasteiger partial charge in [-0.25, -0.2) is 4.98 Å². The Hall–Kier alpha value is -2.50. The first kappa shape index (κ1) is 12.0. The van der Waals surface area contributed by atoms with Crippen LogP contribution in [0.2, 0.25) is 0 Å². The summed E-state index contributed by atoms with van der Waals surface area (Å²) >= 11 is 0. The van der Waals surface area contributed by atoms with E-state index in [4.69, 9.17) is 0 Å². The van der Waals surface area contributed by atoms with Crippen LogP contribution in [0.25, 0.3) is 11.4 Å². The predicted molar refractivity (Wildman–Crippen MR) is 63.8 cm³/mol. The number of hydrogen-bond donors (Lipinski definition) is 1. The van der Waals surface area contributed by atoms with Crippen LogP contribution in [-0.4, -0.2) is 28.0 Å². The SMILES string of the molecule is COC(=O)Cc1cc(=O)[nH]c(-c2ccncc2)n1. The average Bonchev–Trinajstić information content (AvgIpc) is 2.39. The van der Waals surface area contributed by atoms with Crippen molar-refractivity contribution in [2.45, 2.75) is 6.42 Å². The Bertz CT molecular complexity index is 607. The first-order chi connectivity index (χ1) is 8.69. The van der Waals surface area contributed by atoms with Crippen LogP contribution in [0.15, 0.2) is 35.4 Å². The molecule has 2 aromatic rings. The largest absolute Gasteiger partial charge is 0.469 e. The molecule has 0 aromatic carbocycles. The number of H-pyrrole nitrogens is 1. The molecule has 6 nitrogen and oxygen atoms in total. The maximum absolute atomic E-state index is 11.5. The second kappa shape index (κ2) is 5.22. The van der Waals surface area contributed by atoms with Crippen molar-refractivity contribution in [1.82, 2.24) is 15.0 Å². The molecule has 0 aliphatic heterocycles. The fraction of sp³-hybridized carbons (Fsp3) is 0.167. The van der Waals surface area contributed by atoms with Crippen molar-refractivity contribution < 1.29 is 9.53 Å². The zero-order valence-electron chi connectivity index (χ0n) is 9.71. The lowest BCUT2D eigenvalue weighted by Crippen LogP contribution is -2.14. The number of hydrogen-bond acceptors (Lipinski definition) is 5. The molecule has 0 radical (unpaired) electrons. The molecule has 0 fully saturated rings. The number of methoxy groups -OCH3 is 1. The molecule has 2 heterocycles. The van der Waals surface area contributed by atoms with Gasteiger partial charge in [0.1, 0.15) is 5.82 Å². The van der Waals surface area contributed by atoms with Gasteiger partial charge in [-0.05, 0) is 12.1 Å². The van der Waals surface area contributed by atoms with Crippen LogP contribution < -0.4 is 5.56 Å². The number of carbonyl (C=O) groups excluding carboxylic acids is 1. The Morgan fingerprint density at radius 2 is 2.11 bits per heavy atom. The standard InChI is InChI=1S/C12H11N3O3/c1-18-11(17)7-9-6-10(16)15-12(14-9)8-2-4-13-5-3-8/h2-6H,7H2,1H3,(H,14,15,16). The molecule has 1 N–H and O–H groups in total. The van der Waals surface area contributed by atoms with Crippen LogP contribution >= 0.6 is 0 Å². The summed E-state index contributed by atoms with van der Waals surface area (Å²) in [6.45, 7) is 0. The van der Waals surface area contributed by atoms with E-state index in [1.807, 2.05) is 0 Å². The average molecular weight is 245 g/mol. The van der Waals surface area contributed by atoms with Crippen molar-refractivity contribution in [3.05, 3.63) is 46.6 Å². The van der Waals surface area contributed by atoms with Crippen LogP contribution in [0.3, 0.4) is 0 Å². The molecule has 0 spiro atoms. The van der Waals surface area contributed by atoms with Gasteiger partial charge in [-0.3, -0.25) is 14.6 Å². The van der Waals surface area contributed by atoms with E-state index in [2.05, 4.69) is 19.7 Å². The Labute approximate surface area is 103 Å². The highest BCUT2D eigenvalue weighted by molar-refractivity contribution is 5.72. The third kappa shape index (κ3) is 2.79. The Kier molecular flexibility index (Phi) is 3.47. The third-order valence-corrected chi connectivity index (χ3v) is 2.30. The molecule has 0 bridgehead atoms. The predicted octanol–water partition coefficient (Wildman–Crippen LogP) is 0.547. The lowest BCUT2D eigenvalue weighted by Gasteiger charge is -2.03. The van der Waals surface area contributed by atoms with Crippen molar-refractivity contribution in [2.75, 3.05) is 7.11 Å². The van der Waals surface area contributed by atoms with Gasteiger partial charge in [-0.1, -0.05) is 0 Å². The molecule has 0 saturated heterocycles. The topological polar surface area (TPSA) is 84.9 Å². The monoisotopic (exact) mass is 245 g/mol. The first-order valence-corrected chi connectivity index (χ1v) is 5.26. The van der Waals surface area contributed by atoms with E-state index in [0.717, 1.165) is 5.56 Å². The van der Waals surface area contributed by atoms with Gasteiger partial charge < -0.3 is 9.72 Å². The molecule has 0 unspecified atom stereocenters. The molecule has 0 aliphatic carbocycles. The van der Waals surface area contributed by atoms with E-state index in [0.29, 0.717) is 11.5 Å². The van der Waals surface area contributed by atoms with Gasteiger partial charge in [-0.15, -0.1) is 0 Å².